The molecule has 0 atom stereocenters. The predicted molar refractivity (Wildman–Crippen MR) is 163 cm³/mol. The first kappa shape index (κ1) is 29.0. The van der Waals surface area contributed by atoms with Crippen LogP contribution in [0.4, 0.5) is 5.82 Å². The summed E-state index contributed by atoms with van der Waals surface area (Å²) in [5.74, 6) is 2.53. The molecule has 3 aromatic heterocycles. The Kier molecular flexibility index (Phi) is 9.37. The van der Waals surface area contributed by atoms with Crippen molar-refractivity contribution in [1.82, 2.24) is 19.9 Å². The van der Waals surface area contributed by atoms with Crippen molar-refractivity contribution in [3.05, 3.63) is 77.9 Å². The summed E-state index contributed by atoms with van der Waals surface area (Å²) in [6.07, 6.45) is 6.65. The van der Waals surface area contributed by atoms with E-state index >= 15 is 0 Å². The first-order valence-corrected chi connectivity index (χ1v) is 15.0. The fourth-order valence-electron chi connectivity index (χ4n) is 5.49. The van der Waals surface area contributed by atoms with Crippen molar-refractivity contribution < 1.29 is 24.1 Å². The second-order valence-electron chi connectivity index (χ2n) is 10.9. The minimum atomic E-state index is -0.164. The number of aliphatic hydroxyl groups is 1. The molecule has 2 saturated heterocycles. The zero-order valence-corrected chi connectivity index (χ0v) is 24.3. The molecule has 0 saturated carbocycles. The van der Waals surface area contributed by atoms with Gasteiger partial charge < -0.3 is 24.2 Å². The van der Waals surface area contributed by atoms with Gasteiger partial charge in [-0.05, 0) is 55.7 Å². The smallest absolute Gasteiger partial charge is 0.187 e. The van der Waals surface area contributed by atoms with Crippen molar-refractivity contribution in [2.45, 2.75) is 32.3 Å². The minimum absolute atomic E-state index is 0.0713. The third-order valence-electron chi connectivity index (χ3n) is 7.85. The average Bonchev–Trinajstić information content (AvgIpc) is 3.60. The van der Waals surface area contributed by atoms with Crippen LogP contribution in [0.1, 0.15) is 41.0 Å². The molecule has 0 radical (unpaired) electrons. The van der Waals surface area contributed by atoms with E-state index < -0.39 is 0 Å². The number of fused-ring (bicyclic) bond motifs is 1. The molecule has 6 rings (SSSR count). The zero-order valence-electron chi connectivity index (χ0n) is 24.3. The summed E-state index contributed by atoms with van der Waals surface area (Å²) in [4.78, 5) is 31.1. The fraction of sp³-hybridized carbons (Fsp3) is 0.394. The van der Waals surface area contributed by atoms with Crippen LogP contribution in [-0.4, -0.2) is 83.3 Å². The summed E-state index contributed by atoms with van der Waals surface area (Å²) in [7, 11) is 0. The largest absolute Gasteiger partial charge is 0.493 e. The fourth-order valence-corrected chi connectivity index (χ4v) is 5.49. The predicted octanol–water partition coefficient (Wildman–Crippen LogP) is 4.44. The van der Waals surface area contributed by atoms with Crippen molar-refractivity contribution in [2.24, 2.45) is 0 Å². The third kappa shape index (κ3) is 7.27. The van der Waals surface area contributed by atoms with Gasteiger partial charge in [-0.15, -0.1) is 0 Å². The molecule has 2 aliphatic rings. The van der Waals surface area contributed by atoms with Crippen molar-refractivity contribution >= 4 is 22.5 Å². The van der Waals surface area contributed by atoms with Crippen LogP contribution < -0.4 is 14.4 Å². The van der Waals surface area contributed by atoms with Crippen molar-refractivity contribution in [2.75, 3.05) is 57.4 Å². The average molecular weight is 584 g/mol. The van der Waals surface area contributed by atoms with Gasteiger partial charge in [0.05, 0.1) is 44.6 Å². The Balaban J connectivity index is 1.09. The molecule has 1 aromatic carbocycles. The molecule has 2 fully saturated rings. The van der Waals surface area contributed by atoms with Crippen LogP contribution >= 0.6 is 0 Å². The molecule has 5 heterocycles. The van der Waals surface area contributed by atoms with Gasteiger partial charge in [0.25, 0.3) is 0 Å². The molecule has 1 N–H and O–H groups in total. The van der Waals surface area contributed by atoms with Crippen LogP contribution in [0, 0.1) is 0 Å². The second-order valence-corrected chi connectivity index (χ2v) is 10.9. The standard InChI is InChI=1S/C33H37N5O5/c39-23-24-19-27-29(21-32(24)42-16-4-11-37-14-17-41-18-15-37)34-10-9-31(27)43-26-8-7-25(35-22-26)20-30(40)28-5-3-6-33(36-28)38-12-1-2-13-38/h3,5-10,19,21-22,39H,1-2,4,11-18,20,23H2. The highest BCUT2D eigenvalue weighted by molar-refractivity contribution is 5.95. The van der Waals surface area contributed by atoms with Gasteiger partial charge >= 0.3 is 0 Å². The molecule has 4 aromatic rings. The molecule has 0 aliphatic carbocycles. The highest BCUT2D eigenvalue weighted by Gasteiger charge is 2.17. The van der Waals surface area contributed by atoms with Crippen molar-refractivity contribution in [1.29, 1.82) is 0 Å². The lowest BCUT2D eigenvalue weighted by atomic mass is 10.1. The number of ether oxygens (including phenoxy) is 3. The van der Waals surface area contributed by atoms with E-state index in [0.29, 0.717) is 46.3 Å². The molecule has 43 heavy (non-hydrogen) atoms. The molecule has 0 unspecified atom stereocenters. The lowest BCUT2D eigenvalue weighted by Crippen LogP contribution is -2.37. The number of hydrogen-bond donors (Lipinski definition) is 1. The molecule has 10 heteroatoms. The summed E-state index contributed by atoms with van der Waals surface area (Å²) < 4.78 is 17.6. The van der Waals surface area contributed by atoms with Crippen LogP contribution in [-0.2, 0) is 17.8 Å². The van der Waals surface area contributed by atoms with E-state index in [1.54, 1.807) is 36.7 Å². The number of hydrogen-bond acceptors (Lipinski definition) is 10. The number of morpholine rings is 1. The van der Waals surface area contributed by atoms with Gasteiger partial charge in [0.15, 0.2) is 5.78 Å². The Morgan fingerprint density at radius 1 is 0.977 bits per heavy atom. The number of aliphatic hydroxyl groups excluding tert-OH is 1. The normalized spacial score (nSPS) is 15.6. The molecule has 224 valence electrons. The van der Waals surface area contributed by atoms with E-state index in [2.05, 4.69) is 24.8 Å². The summed E-state index contributed by atoms with van der Waals surface area (Å²) in [6, 6.07) is 14.7. The number of anilines is 1. The van der Waals surface area contributed by atoms with E-state index in [1.807, 2.05) is 24.3 Å². The third-order valence-corrected chi connectivity index (χ3v) is 7.85. The van der Waals surface area contributed by atoms with Crippen LogP contribution in [0.25, 0.3) is 10.9 Å². The number of Topliss-reactive ketones (excluding diaryl/α,β-unsaturated/α-hetero) is 1. The first-order valence-electron chi connectivity index (χ1n) is 15.0. The monoisotopic (exact) mass is 583 g/mol. The number of ketones is 1. The summed E-state index contributed by atoms with van der Waals surface area (Å²) in [5, 5.41) is 10.8. The topological polar surface area (TPSA) is 110 Å². The lowest BCUT2D eigenvalue weighted by molar-refractivity contribution is 0.0357. The molecular formula is C33H37N5O5. The maximum atomic E-state index is 13.0. The Hall–Kier alpha value is -4.12. The lowest BCUT2D eigenvalue weighted by Gasteiger charge is -2.26. The SMILES string of the molecule is O=C(Cc1ccc(Oc2ccnc3cc(OCCCN4CCOCC4)c(CO)cc23)cn1)c1cccc(N2CCCC2)n1. The van der Waals surface area contributed by atoms with Gasteiger partial charge in [-0.25, -0.2) is 4.98 Å². The molecule has 10 nitrogen and oxygen atoms in total. The van der Waals surface area contributed by atoms with Gasteiger partial charge in [0.1, 0.15) is 28.8 Å². The summed E-state index contributed by atoms with van der Waals surface area (Å²) >= 11 is 0. The maximum absolute atomic E-state index is 13.0. The second kappa shape index (κ2) is 13.9. The van der Waals surface area contributed by atoms with Crippen LogP contribution in [0.5, 0.6) is 17.2 Å². The molecule has 0 bridgehead atoms. The maximum Gasteiger partial charge on any atom is 0.187 e. The van der Waals surface area contributed by atoms with E-state index in [1.165, 1.54) is 0 Å². The van der Waals surface area contributed by atoms with Gasteiger partial charge in [0, 0.05) is 61.6 Å². The van der Waals surface area contributed by atoms with E-state index in [0.717, 1.165) is 76.4 Å². The Morgan fingerprint density at radius 3 is 2.63 bits per heavy atom. The van der Waals surface area contributed by atoms with Crippen LogP contribution in [0.15, 0.2) is 60.9 Å². The number of carbonyl (C=O) groups excluding carboxylic acids is 1. The minimum Gasteiger partial charge on any atom is -0.493 e. The molecule has 0 amide bonds. The first-order chi connectivity index (χ1) is 21.2. The quantitative estimate of drug-likeness (QED) is 0.190. The molecular weight excluding hydrogens is 546 g/mol. The summed E-state index contributed by atoms with van der Waals surface area (Å²) in [5.41, 5.74) is 2.47. The number of rotatable bonds is 12. The number of carbonyl (C=O) groups is 1. The van der Waals surface area contributed by atoms with E-state index in [-0.39, 0.29) is 18.8 Å². The van der Waals surface area contributed by atoms with Crippen molar-refractivity contribution in [3.63, 3.8) is 0 Å². The van der Waals surface area contributed by atoms with Gasteiger partial charge in [0.2, 0.25) is 0 Å². The van der Waals surface area contributed by atoms with E-state index in [4.69, 9.17) is 14.2 Å². The number of pyridine rings is 3. The molecule has 0 spiro atoms. The van der Waals surface area contributed by atoms with Gasteiger partial charge in [-0.3, -0.25) is 19.7 Å². The Morgan fingerprint density at radius 2 is 1.84 bits per heavy atom. The van der Waals surface area contributed by atoms with Gasteiger partial charge in [-0.2, -0.15) is 0 Å². The molecule has 2 aliphatic heterocycles. The number of aromatic nitrogens is 3. The Bertz CT molecular complexity index is 1540. The van der Waals surface area contributed by atoms with Crippen LogP contribution in [0.2, 0.25) is 0 Å². The zero-order chi connectivity index (χ0) is 29.4. The van der Waals surface area contributed by atoms with Crippen molar-refractivity contribution in [3.8, 4) is 17.2 Å². The van der Waals surface area contributed by atoms with E-state index in [9.17, 15) is 9.90 Å². The number of benzene rings is 1. The number of nitrogens with zero attached hydrogens (tertiary/aromatic N) is 5. The van der Waals surface area contributed by atoms with Gasteiger partial charge in [-0.1, -0.05) is 6.07 Å². The summed E-state index contributed by atoms with van der Waals surface area (Å²) in [6.45, 7) is 6.75. The highest BCUT2D eigenvalue weighted by atomic mass is 16.5. The Labute approximate surface area is 251 Å². The van der Waals surface area contributed by atoms with Crippen LogP contribution in [0.3, 0.4) is 0 Å². The highest BCUT2D eigenvalue weighted by Crippen LogP contribution is 2.33.